The maximum Gasteiger partial charge on any atom is 3.00 e. The third-order valence-electron chi connectivity index (χ3n) is 11.1. The molecule has 1 radical (unpaired) electrons. The van der Waals surface area contributed by atoms with Crippen LogP contribution in [0.15, 0.2) is 17.9 Å². The fraction of sp³-hybridized carbons (Fsp3) is 0. The van der Waals surface area contributed by atoms with Gasteiger partial charge in [-0.3, -0.25) is 0 Å². The average Bonchev–Trinajstić information content (AvgIpc) is 4.06. The molecule has 3 aromatic heterocycles. The topological polar surface area (TPSA) is 54.0 Å². The molecule has 0 unspecified atom stereocenters. The number of hydrogen-bond acceptors (Lipinski definition) is 2. The van der Waals surface area contributed by atoms with E-state index in [-0.39, 0.29) is 29.5 Å². The van der Waals surface area contributed by atoms with Gasteiger partial charge in [0.25, 0.3) is 0 Å². The average molecular weight is 1700 g/mol. The molecule has 2 aliphatic rings. The molecule has 34 heteroatoms. The molecule has 7 aromatic rings. The Kier molecular flexibility index (Phi) is 17.7. The van der Waals surface area contributed by atoms with E-state index in [1.54, 1.807) is 0 Å². The van der Waals surface area contributed by atoms with E-state index in [2.05, 4.69) is 147 Å². The summed E-state index contributed by atoms with van der Waals surface area (Å²) in [5.41, 5.74) is -23.8. The number of aromatic nitrogens is 4. The van der Waals surface area contributed by atoms with Gasteiger partial charge in [0.1, 0.15) is 0 Å². The Morgan fingerprint density at radius 1 is 0.218 bits per heavy atom. The van der Waals surface area contributed by atoms with Gasteiger partial charge in [-0.25, -0.2) is 97.8 Å². The van der Waals surface area contributed by atoms with E-state index in [0.717, 1.165) is 0 Å². The van der Waals surface area contributed by atoms with Crippen molar-refractivity contribution in [2.75, 3.05) is 0 Å². The first-order chi connectivity index (χ1) is 35.4. The summed E-state index contributed by atoms with van der Waals surface area (Å²) < 4.78 is 306. The molecule has 5 heterocycles. The fourth-order valence-electron chi connectivity index (χ4n) is 7.69. The van der Waals surface area contributed by atoms with Gasteiger partial charge in [-0.2, -0.15) is 0 Å². The predicted octanol–water partition coefficient (Wildman–Crippen LogP) is 16.3. The molecule has 78 heavy (non-hydrogen) atoms. The minimum atomic E-state index is -2.78. The Bertz CT molecular complexity index is 3560. The van der Waals surface area contributed by atoms with E-state index in [9.17, 15) is 17.6 Å². The zero-order valence-electron chi connectivity index (χ0n) is 35.1. The fourth-order valence-corrected chi connectivity index (χ4v) is 11.5. The van der Waals surface area contributed by atoms with Crippen molar-refractivity contribution in [3.8, 4) is 44.5 Å². The maximum atomic E-state index is 16.3. The van der Waals surface area contributed by atoms with Crippen LogP contribution in [0.5, 0.6) is 0 Å². The van der Waals surface area contributed by atoms with Crippen LogP contribution in [0.2, 0.25) is 0 Å². The number of halogens is 29. The van der Waals surface area contributed by atoms with Gasteiger partial charge in [0, 0.05) is 40.1 Å². The Labute approximate surface area is 501 Å². The van der Waals surface area contributed by atoms with Crippen molar-refractivity contribution in [1.29, 1.82) is 0 Å². The number of hydrogen-bond donors (Lipinski definition) is 0. The molecular weight excluding hydrogens is 1700 g/mol. The molecule has 0 aliphatic carbocycles. The van der Waals surface area contributed by atoms with Crippen LogP contribution in [-0.4, -0.2) is 9.97 Å². The number of nitrogens with zero attached hydrogens (tertiary/aromatic N) is 4. The molecule has 0 N–H and O–H groups in total. The van der Waals surface area contributed by atoms with E-state index in [1.165, 1.54) is 0 Å². The number of benzene rings is 4. The standard InChI is InChI=1S/C44Br8F20N4.ClH.Fe/c45-9-11(47)39-6(2-19(55)27(63)34(70)28(64)20(2)56)41-13(49)15(51)43(75-41)8(4-23(59)31(67)36(72)32(68)24(4)60)44-16(52)14(50)42(76-44)7(3-21(57)29(65)35(71)30(66)22(3)58)40-12(48)10(46)38(74-40)5(37(9)73-39)1-17(53)25(61)33(69)26(62)18(1)54;;/h;1H;/q-2;;+3/p-1. The van der Waals surface area contributed by atoms with Crippen molar-refractivity contribution in [2.24, 2.45) is 0 Å². The smallest absolute Gasteiger partial charge is 1.00 e. The summed E-state index contributed by atoms with van der Waals surface area (Å²) in [7, 11) is 0. The van der Waals surface area contributed by atoms with Crippen LogP contribution < -0.4 is 22.4 Å². The van der Waals surface area contributed by atoms with Gasteiger partial charge in [0.15, 0.2) is 93.1 Å². The first-order valence-electron chi connectivity index (χ1n) is 19.1. The monoisotopic (exact) mass is 1690 g/mol. The van der Waals surface area contributed by atoms with E-state index in [4.69, 9.17) is 0 Å². The molecule has 0 spiro atoms. The van der Waals surface area contributed by atoms with Crippen molar-refractivity contribution in [2.45, 2.75) is 0 Å². The van der Waals surface area contributed by atoms with Gasteiger partial charge in [0.2, 0.25) is 23.3 Å². The first-order valence-corrected chi connectivity index (χ1v) is 25.4. The Hall–Kier alpha value is -3.27. The van der Waals surface area contributed by atoms with Crippen LogP contribution in [-0.2, 0) is 17.1 Å². The van der Waals surface area contributed by atoms with E-state index >= 15 is 70.2 Å². The van der Waals surface area contributed by atoms with Crippen molar-refractivity contribution < 1.29 is 117 Å². The van der Waals surface area contributed by atoms with E-state index in [0.29, 0.717) is 0 Å². The van der Waals surface area contributed by atoms with Crippen molar-refractivity contribution >= 4 is 167 Å². The molecular formula is C44Br8ClF20FeN4. The van der Waals surface area contributed by atoms with E-state index < -0.39 is 242 Å². The first kappa shape index (κ1) is 62.3. The SMILES string of the molecule is Fc1c(F)c(F)c(-c2c3nc(c(-c4c(F)c(F)c(F)c(F)c4F)c4[n-]c(c(Br)c4Br)c(-c4c(F)c(F)c(F)c(F)c4F)c4nc(c(-c5c(F)c(F)c(F)c(F)c5F)c5[n-]c2c(Br)c5Br)C(Br)=C4Br)C(Br)=C3Br)c(F)c1F.[Cl-].[Fe+3]. The zero-order valence-corrected chi connectivity index (χ0v) is 49.7. The second-order valence-electron chi connectivity index (χ2n) is 15.0. The molecule has 4 nitrogen and oxygen atoms in total. The van der Waals surface area contributed by atoms with Gasteiger partial charge in [-0.15, -0.1) is 22.1 Å². The van der Waals surface area contributed by atoms with Crippen molar-refractivity contribution in [1.82, 2.24) is 19.9 Å². The Morgan fingerprint density at radius 3 is 0.487 bits per heavy atom. The summed E-state index contributed by atoms with van der Waals surface area (Å²) >= 11 is 23.5. The van der Waals surface area contributed by atoms with Crippen LogP contribution >= 0.6 is 127 Å². The molecule has 4 aromatic carbocycles. The second kappa shape index (κ2) is 22.1. The summed E-state index contributed by atoms with van der Waals surface area (Å²) in [6, 6.07) is 0. The molecule has 0 saturated heterocycles. The van der Waals surface area contributed by atoms with Crippen LogP contribution in [0.3, 0.4) is 0 Å². The minimum Gasteiger partial charge on any atom is -1.00 e. The summed E-state index contributed by atoms with van der Waals surface area (Å²) in [4.78, 5) is 16.3. The molecule has 0 atom stereocenters. The number of fused-ring (bicyclic) bond motifs is 8. The van der Waals surface area contributed by atoms with E-state index in [1.807, 2.05) is 0 Å². The summed E-state index contributed by atoms with van der Waals surface area (Å²) in [5.74, 6) is -54.5. The quantitative estimate of drug-likeness (QED) is 0.0763. The van der Waals surface area contributed by atoms with Crippen LogP contribution in [0, 0.1) is 116 Å². The largest absolute Gasteiger partial charge is 3.00 e. The third kappa shape index (κ3) is 8.93. The van der Waals surface area contributed by atoms with Gasteiger partial charge in [0.05, 0.1) is 63.0 Å². The predicted molar refractivity (Wildman–Crippen MR) is 260 cm³/mol. The molecule has 9 rings (SSSR count). The summed E-state index contributed by atoms with van der Waals surface area (Å²) in [5, 5.41) is 0. The molecule has 0 fully saturated rings. The van der Waals surface area contributed by atoms with Crippen molar-refractivity contribution in [3.05, 3.63) is 157 Å². The summed E-state index contributed by atoms with van der Waals surface area (Å²) in [6.07, 6.45) is 0. The molecule has 2 aliphatic heterocycles. The van der Waals surface area contributed by atoms with Crippen molar-refractivity contribution in [3.63, 3.8) is 0 Å². The Morgan fingerprint density at radius 2 is 0.346 bits per heavy atom. The van der Waals surface area contributed by atoms with Gasteiger partial charge < -0.3 is 22.4 Å². The maximum absolute atomic E-state index is 16.3. The second-order valence-corrected chi connectivity index (χ2v) is 21.4. The summed E-state index contributed by atoms with van der Waals surface area (Å²) in [6.45, 7) is 0. The van der Waals surface area contributed by atoms with Crippen LogP contribution in [0.4, 0.5) is 87.8 Å². The Balaban J connectivity index is 0.00000441. The molecule has 407 valence electrons. The zero-order chi connectivity index (χ0) is 56.2. The number of rotatable bonds is 4. The normalized spacial score (nSPS) is 12.6. The van der Waals surface area contributed by atoms with Crippen LogP contribution in [0.25, 0.3) is 84.5 Å². The van der Waals surface area contributed by atoms with Crippen LogP contribution in [0.1, 0.15) is 22.8 Å². The van der Waals surface area contributed by atoms with Gasteiger partial charge >= 0.3 is 17.1 Å². The van der Waals surface area contributed by atoms with Gasteiger partial charge in [-0.05, 0) is 63.7 Å². The molecule has 0 amide bonds. The molecule has 8 bridgehead atoms. The minimum absolute atomic E-state index is 0. The van der Waals surface area contributed by atoms with Gasteiger partial charge in [-0.1, -0.05) is 63.7 Å². The molecule has 0 saturated carbocycles. The third-order valence-corrected chi connectivity index (χ3v) is 19.4.